The van der Waals surface area contributed by atoms with E-state index in [4.69, 9.17) is 5.11 Å². The van der Waals surface area contributed by atoms with Gasteiger partial charge < -0.3 is 5.11 Å². The van der Waals surface area contributed by atoms with Gasteiger partial charge in [0.1, 0.15) is 0 Å². The number of aliphatic hydroxyl groups excluding tert-OH is 1. The molecule has 0 bridgehead atoms. The molecule has 0 fully saturated rings. The van der Waals surface area contributed by atoms with Crippen molar-refractivity contribution in [1.82, 2.24) is 0 Å². The van der Waals surface area contributed by atoms with Crippen molar-refractivity contribution in [3.05, 3.63) is 0 Å². The minimum Gasteiger partial charge on any atom is -0.393 e. The quantitative estimate of drug-likeness (QED) is 0.712. The average Bonchev–Trinajstić information content (AvgIpc) is 1.82. The zero-order chi connectivity index (χ0) is 9.78. The minimum atomic E-state index is -4.24. The van der Waals surface area contributed by atoms with E-state index in [1.807, 2.05) is 13.8 Å². The summed E-state index contributed by atoms with van der Waals surface area (Å²) >= 11 is 0. The van der Waals surface area contributed by atoms with Gasteiger partial charge in [-0.1, -0.05) is 20.3 Å². The van der Waals surface area contributed by atoms with Gasteiger partial charge in [-0.2, -0.15) is 13.2 Å². The predicted octanol–water partition coefficient (Wildman–Crippen LogP) is 2.74. The second-order valence-corrected chi connectivity index (χ2v) is 3.22. The number of rotatable bonds is 4. The molecule has 0 spiro atoms. The molecule has 0 radical (unpaired) electrons. The van der Waals surface area contributed by atoms with Gasteiger partial charge in [-0.05, 0) is 12.3 Å². The highest BCUT2D eigenvalue weighted by molar-refractivity contribution is 4.64. The monoisotopic (exact) mass is 184 g/mol. The zero-order valence-electron chi connectivity index (χ0n) is 7.36. The molecule has 1 nitrogen and oxygen atoms in total. The van der Waals surface area contributed by atoms with Gasteiger partial charge in [-0.25, -0.2) is 0 Å². The highest BCUT2D eigenvalue weighted by Gasteiger charge is 2.31. The van der Waals surface area contributed by atoms with Gasteiger partial charge in [0, 0.05) is 0 Å². The van der Waals surface area contributed by atoms with Gasteiger partial charge in [-0.3, -0.25) is 0 Å². The second-order valence-electron chi connectivity index (χ2n) is 3.22. The molecule has 0 aliphatic rings. The molecule has 2 unspecified atom stereocenters. The van der Waals surface area contributed by atoms with Crippen LogP contribution in [-0.2, 0) is 0 Å². The van der Waals surface area contributed by atoms with E-state index in [1.165, 1.54) is 0 Å². The molecule has 0 aromatic carbocycles. The van der Waals surface area contributed by atoms with E-state index >= 15 is 0 Å². The summed E-state index contributed by atoms with van der Waals surface area (Å²) in [6.07, 6.45) is -5.53. The van der Waals surface area contributed by atoms with Gasteiger partial charge in [0.15, 0.2) is 0 Å². The maximum absolute atomic E-state index is 11.7. The number of hydrogen-bond acceptors (Lipinski definition) is 1. The van der Waals surface area contributed by atoms with Crippen LogP contribution in [0, 0.1) is 5.92 Å². The molecular weight excluding hydrogens is 169 g/mol. The second kappa shape index (κ2) is 4.70. The highest BCUT2D eigenvalue weighted by Crippen LogP contribution is 2.24. The van der Waals surface area contributed by atoms with E-state index < -0.39 is 18.7 Å². The molecule has 12 heavy (non-hydrogen) atoms. The lowest BCUT2D eigenvalue weighted by molar-refractivity contribution is -0.155. The molecule has 0 aromatic heterocycles. The van der Waals surface area contributed by atoms with Crippen molar-refractivity contribution in [2.75, 3.05) is 0 Å². The molecule has 0 saturated heterocycles. The summed E-state index contributed by atoms with van der Waals surface area (Å²) < 4.78 is 35.1. The van der Waals surface area contributed by atoms with Gasteiger partial charge >= 0.3 is 6.18 Å². The SMILES string of the molecule is CCC(C)CC(O)CC(F)(F)F. The smallest absolute Gasteiger partial charge is 0.391 e. The minimum absolute atomic E-state index is 0.155. The van der Waals surface area contributed by atoms with Crippen LogP contribution in [0.25, 0.3) is 0 Å². The lowest BCUT2D eigenvalue weighted by Crippen LogP contribution is -2.21. The normalized spacial score (nSPS) is 17.5. The Morgan fingerprint density at radius 2 is 1.83 bits per heavy atom. The molecule has 0 amide bonds. The van der Waals surface area contributed by atoms with Crippen molar-refractivity contribution in [3.8, 4) is 0 Å². The Hall–Kier alpha value is -0.250. The average molecular weight is 184 g/mol. The van der Waals surface area contributed by atoms with Gasteiger partial charge in [0.05, 0.1) is 12.5 Å². The number of alkyl halides is 3. The fourth-order valence-electron chi connectivity index (χ4n) is 0.982. The summed E-state index contributed by atoms with van der Waals surface area (Å²) in [7, 11) is 0. The fourth-order valence-corrected chi connectivity index (χ4v) is 0.982. The lowest BCUT2D eigenvalue weighted by atomic mass is 9.99. The largest absolute Gasteiger partial charge is 0.393 e. The summed E-state index contributed by atoms with van der Waals surface area (Å²) in [4.78, 5) is 0. The van der Waals surface area contributed by atoms with Crippen molar-refractivity contribution in [2.24, 2.45) is 5.92 Å². The Balaban J connectivity index is 3.66. The third-order valence-corrected chi connectivity index (χ3v) is 1.84. The molecule has 74 valence electrons. The number of aliphatic hydroxyl groups is 1. The zero-order valence-corrected chi connectivity index (χ0v) is 7.36. The standard InChI is InChI=1S/C8H15F3O/c1-3-6(2)4-7(12)5-8(9,10)11/h6-7,12H,3-5H2,1-2H3. The maximum atomic E-state index is 11.7. The van der Waals surface area contributed by atoms with Gasteiger partial charge in [0.25, 0.3) is 0 Å². The van der Waals surface area contributed by atoms with Crippen LogP contribution in [0.5, 0.6) is 0 Å². The number of halogens is 3. The van der Waals surface area contributed by atoms with Crippen LogP contribution in [0.2, 0.25) is 0 Å². The van der Waals surface area contributed by atoms with E-state index in [9.17, 15) is 13.2 Å². The Bertz CT molecular complexity index is 122. The van der Waals surface area contributed by atoms with Crippen molar-refractivity contribution in [2.45, 2.75) is 45.4 Å². The molecule has 2 atom stereocenters. The molecule has 0 aliphatic carbocycles. The molecule has 0 aliphatic heterocycles. The molecular formula is C8H15F3O. The highest BCUT2D eigenvalue weighted by atomic mass is 19.4. The van der Waals surface area contributed by atoms with Crippen molar-refractivity contribution in [1.29, 1.82) is 0 Å². The Labute approximate surface area is 70.6 Å². The first kappa shape index (κ1) is 11.8. The van der Waals surface area contributed by atoms with E-state index in [-0.39, 0.29) is 12.3 Å². The first-order chi connectivity index (χ1) is 5.35. The van der Waals surface area contributed by atoms with Crippen LogP contribution in [0.4, 0.5) is 13.2 Å². The Kier molecular flexibility index (Phi) is 4.60. The summed E-state index contributed by atoms with van der Waals surface area (Å²) in [5, 5.41) is 8.97. The molecule has 4 heteroatoms. The summed E-state index contributed by atoms with van der Waals surface area (Å²) in [6, 6.07) is 0. The van der Waals surface area contributed by atoms with E-state index in [0.717, 1.165) is 6.42 Å². The lowest BCUT2D eigenvalue weighted by Gasteiger charge is -2.16. The van der Waals surface area contributed by atoms with Crippen LogP contribution < -0.4 is 0 Å². The van der Waals surface area contributed by atoms with Gasteiger partial charge in [0.2, 0.25) is 0 Å². The van der Waals surface area contributed by atoms with Crippen LogP contribution in [0.3, 0.4) is 0 Å². The summed E-state index contributed by atoms with van der Waals surface area (Å²) in [5.41, 5.74) is 0. The van der Waals surface area contributed by atoms with Crippen molar-refractivity contribution < 1.29 is 18.3 Å². The fraction of sp³-hybridized carbons (Fsp3) is 1.00. The Morgan fingerprint density at radius 1 is 1.33 bits per heavy atom. The third-order valence-electron chi connectivity index (χ3n) is 1.84. The topological polar surface area (TPSA) is 20.2 Å². The molecule has 1 N–H and O–H groups in total. The van der Waals surface area contributed by atoms with E-state index in [2.05, 4.69) is 0 Å². The van der Waals surface area contributed by atoms with Gasteiger partial charge in [-0.15, -0.1) is 0 Å². The van der Waals surface area contributed by atoms with Crippen molar-refractivity contribution >= 4 is 0 Å². The number of hydrogen-bond donors (Lipinski definition) is 1. The predicted molar refractivity (Wildman–Crippen MR) is 40.8 cm³/mol. The van der Waals surface area contributed by atoms with E-state index in [0.29, 0.717) is 0 Å². The van der Waals surface area contributed by atoms with Crippen LogP contribution in [-0.4, -0.2) is 17.4 Å². The maximum Gasteiger partial charge on any atom is 0.391 e. The molecule has 0 rings (SSSR count). The molecule has 0 heterocycles. The molecule has 0 saturated carbocycles. The summed E-state index contributed by atoms with van der Waals surface area (Å²) in [6.45, 7) is 3.73. The first-order valence-electron chi connectivity index (χ1n) is 4.10. The van der Waals surface area contributed by atoms with Crippen LogP contribution >= 0.6 is 0 Å². The summed E-state index contributed by atoms with van der Waals surface area (Å²) in [5.74, 6) is 0.155. The van der Waals surface area contributed by atoms with E-state index in [1.54, 1.807) is 0 Å². The van der Waals surface area contributed by atoms with Crippen LogP contribution in [0.15, 0.2) is 0 Å². The van der Waals surface area contributed by atoms with Crippen molar-refractivity contribution in [3.63, 3.8) is 0 Å². The third kappa shape index (κ3) is 6.46. The first-order valence-corrected chi connectivity index (χ1v) is 4.10. The van der Waals surface area contributed by atoms with Crippen LogP contribution in [0.1, 0.15) is 33.1 Å². The Morgan fingerprint density at radius 3 is 2.17 bits per heavy atom. The molecule has 0 aromatic rings.